The highest BCUT2D eigenvalue weighted by Gasteiger charge is 1.78. The van der Waals surface area contributed by atoms with Crippen LogP contribution >= 0.6 is 0 Å². The van der Waals surface area contributed by atoms with Crippen LogP contribution in [0.15, 0.2) is 10.3 Å². The van der Waals surface area contributed by atoms with Crippen molar-refractivity contribution in [3.05, 3.63) is 4.91 Å². The third kappa shape index (κ3) is 1.40. The molecule has 0 radical (unpaired) electrons. The highest BCUT2D eigenvalue weighted by atomic mass is 16.4. The molecule has 0 heterocycles. The monoisotopic (exact) mass is 88.0 g/mol. The molecule has 0 saturated heterocycles. The summed E-state index contributed by atoms with van der Waals surface area (Å²) in [6.07, 6.45) is 0. The molecule has 0 aliphatic carbocycles. The Morgan fingerprint density at radius 1 is 1.83 bits per heavy atom. The van der Waals surface area contributed by atoms with Gasteiger partial charge in [-0.15, -0.1) is 4.91 Å². The van der Waals surface area contributed by atoms with E-state index in [1.807, 2.05) is 0 Å². The van der Waals surface area contributed by atoms with Gasteiger partial charge in [0.05, 0.1) is 0 Å². The minimum absolute atomic E-state index is 0.157. The smallest absolute Gasteiger partial charge is 0.208 e. The molecule has 0 fully saturated rings. The van der Waals surface area contributed by atoms with Crippen molar-refractivity contribution in [3.8, 4) is 0 Å². The van der Waals surface area contributed by atoms with Crippen LogP contribution in [0.1, 0.15) is 6.92 Å². The highest BCUT2D eigenvalue weighted by molar-refractivity contribution is 5.79. The van der Waals surface area contributed by atoms with Crippen LogP contribution in [0.3, 0.4) is 0 Å². The first-order valence-corrected chi connectivity index (χ1v) is 1.33. The predicted octanol–water partition coefficient (Wildman–Crippen LogP) is 0.560. The van der Waals surface area contributed by atoms with Crippen LogP contribution in [0.2, 0.25) is 0 Å². The van der Waals surface area contributed by atoms with Crippen molar-refractivity contribution in [2.24, 2.45) is 10.3 Å². The molecule has 0 spiro atoms. The fraction of sp³-hybridized carbons (Fsp3) is 0.500. The quantitative estimate of drug-likeness (QED) is 0.154. The lowest BCUT2D eigenvalue weighted by Crippen LogP contribution is -1.78. The van der Waals surface area contributed by atoms with E-state index in [4.69, 9.17) is 5.21 Å². The second-order valence-electron chi connectivity index (χ2n) is 0.739. The zero-order valence-corrected chi connectivity index (χ0v) is 3.25. The molecule has 0 amide bonds. The Morgan fingerprint density at radius 2 is 2.33 bits per heavy atom. The maximum absolute atomic E-state index is 9.20. The first kappa shape index (κ1) is 5.07. The van der Waals surface area contributed by atoms with Crippen LogP contribution in [0.5, 0.6) is 0 Å². The van der Waals surface area contributed by atoms with Gasteiger partial charge < -0.3 is 5.21 Å². The highest BCUT2D eigenvalue weighted by Crippen LogP contribution is 1.70. The van der Waals surface area contributed by atoms with Crippen molar-refractivity contribution in [2.45, 2.75) is 6.92 Å². The van der Waals surface area contributed by atoms with Gasteiger partial charge in [0.25, 0.3) is 0 Å². The van der Waals surface area contributed by atoms with Crippen molar-refractivity contribution in [1.82, 2.24) is 0 Å². The topological polar surface area (TPSA) is 62.0 Å². The maximum Gasteiger partial charge on any atom is 0.208 e. The number of hydrogen-bond donors (Lipinski definition) is 1. The predicted molar refractivity (Wildman–Crippen MR) is 20.7 cm³/mol. The Balaban J connectivity index is 3.50. The van der Waals surface area contributed by atoms with Gasteiger partial charge in [-0.25, -0.2) is 0 Å². The molecule has 4 nitrogen and oxygen atoms in total. The third-order valence-corrected chi connectivity index (χ3v) is 0.277. The van der Waals surface area contributed by atoms with Crippen LogP contribution < -0.4 is 0 Å². The van der Waals surface area contributed by atoms with Crippen LogP contribution in [0, 0.1) is 4.91 Å². The molecule has 0 aromatic carbocycles. The second-order valence-corrected chi connectivity index (χ2v) is 0.739. The number of hydrogen-bond acceptors (Lipinski definition) is 3. The average molecular weight is 88.1 g/mol. The Kier molecular flexibility index (Phi) is 1.96. The van der Waals surface area contributed by atoms with Crippen LogP contribution in [-0.2, 0) is 0 Å². The van der Waals surface area contributed by atoms with E-state index in [9.17, 15) is 4.91 Å². The fourth-order valence-corrected chi connectivity index (χ4v) is 0.0183. The summed E-state index contributed by atoms with van der Waals surface area (Å²) in [6, 6.07) is 0. The molecule has 0 aromatic heterocycles. The average Bonchev–Trinajstić information content (AvgIpc) is 1.65. The summed E-state index contributed by atoms with van der Waals surface area (Å²) < 4.78 is 0. The molecule has 34 valence electrons. The van der Waals surface area contributed by atoms with Gasteiger partial charge in [0.1, 0.15) is 0 Å². The molecule has 4 heteroatoms. The number of rotatable bonds is 0. The summed E-state index contributed by atoms with van der Waals surface area (Å²) in [7, 11) is 0. The maximum atomic E-state index is 9.20. The van der Waals surface area contributed by atoms with Gasteiger partial charge in [-0.1, -0.05) is 5.16 Å². The van der Waals surface area contributed by atoms with E-state index in [2.05, 4.69) is 10.3 Å². The first-order chi connectivity index (χ1) is 2.81. The molecule has 0 aliphatic heterocycles. The van der Waals surface area contributed by atoms with E-state index >= 15 is 0 Å². The molecular weight excluding hydrogens is 84.0 g/mol. The normalized spacial score (nSPS) is 11.2. The van der Waals surface area contributed by atoms with Crippen molar-refractivity contribution in [2.75, 3.05) is 0 Å². The zero-order valence-electron chi connectivity index (χ0n) is 3.25. The van der Waals surface area contributed by atoms with Gasteiger partial charge in [0.15, 0.2) is 0 Å². The van der Waals surface area contributed by atoms with Crippen LogP contribution in [0.25, 0.3) is 0 Å². The lowest BCUT2D eigenvalue weighted by Gasteiger charge is -1.70. The zero-order chi connectivity index (χ0) is 4.99. The van der Waals surface area contributed by atoms with Crippen molar-refractivity contribution in [1.29, 1.82) is 0 Å². The number of amidine groups is 1. The van der Waals surface area contributed by atoms with Gasteiger partial charge in [0, 0.05) is 6.92 Å². The minimum atomic E-state index is -0.157. The Labute approximate surface area is 34.4 Å². The lowest BCUT2D eigenvalue weighted by molar-refractivity contribution is 0.318. The standard InChI is InChI=1S/C2H4N2O2/c1-2(3-5)4-6/h5H,1H3/b3-2-. The molecule has 6 heavy (non-hydrogen) atoms. The van der Waals surface area contributed by atoms with E-state index in [0.29, 0.717) is 0 Å². The van der Waals surface area contributed by atoms with Gasteiger partial charge in [0.2, 0.25) is 5.84 Å². The molecule has 0 bridgehead atoms. The summed E-state index contributed by atoms with van der Waals surface area (Å²) in [5.74, 6) is -0.157. The molecule has 0 aliphatic rings. The molecule has 0 aromatic rings. The molecule has 0 saturated carbocycles. The van der Waals surface area contributed by atoms with Gasteiger partial charge in [-0.05, 0) is 5.18 Å². The van der Waals surface area contributed by atoms with Crippen LogP contribution in [-0.4, -0.2) is 11.0 Å². The van der Waals surface area contributed by atoms with Crippen molar-refractivity contribution in [3.63, 3.8) is 0 Å². The SMILES string of the molecule is C/C(N=O)=N/O. The second kappa shape index (κ2) is 2.32. The molecular formula is C2H4N2O2. The molecule has 1 N–H and O–H groups in total. The summed E-state index contributed by atoms with van der Waals surface area (Å²) in [5, 5.41) is 12.3. The number of nitrogens with zero attached hydrogens (tertiary/aromatic N) is 2. The number of nitroso groups, excluding NO2 is 1. The third-order valence-electron chi connectivity index (χ3n) is 0.277. The van der Waals surface area contributed by atoms with Crippen molar-refractivity contribution < 1.29 is 5.21 Å². The van der Waals surface area contributed by atoms with E-state index in [1.54, 1.807) is 0 Å². The fourth-order valence-electron chi connectivity index (χ4n) is 0.0183. The van der Waals surface area contributed by atoms with E-state index < -0.39 is 0 Å². The Morgan fingerprint density at radius 3 is 2.33 bits per heavy atom. The number of oxime groups is 1. The van der Waals surface area contributed by atoms with Gasteiger partial charge >= 0.3 is 0 Å². The van der Waals surface area contributed by atoms with E-state index in [1.165, 1.54) is 6.92 Å². The molecule has 0 atom stereocenters. The molecule has 0 unspecified atom stereocenters. The lowest BCUT2D eigenvalue weighted by atomic mass is 10.7. The first-order valence-electron chi connectivity index (χ1n) is 1.33. The van der Waals surface area contributed by atoms with Gasteiger partial charge in [-0.3, -0.25) is 0 Å². The summed E-state index contributed by atoms with van der Waals surface area (Å²) >= 11 is 0. The van der Waals surface area contributed by atoms with Gasteiger partial charge in [-0.2, -0.15) is 0 Å². The largest absolute Gasteiger partial charge is 0.409 e. The Bertz CT molecular complexity index is 77.6. The van der Waals surface area contributed by atoms with E-state index in [-0.39, 0.29) is 5.84 Å². The Hall–Kier alpha value is -0.930. The summed E-state index contributed by atoms with van der Waals surface area (Å²) in [4.78, 5) is 9.20. The van der Waals surface area contributed by atoms with Crippen LogP contribution in [0.4, 0.5) is 0 Å². The summed E-state index contributed by atoms with van der Waals surface area (Å²) in [6.45, 7) is 1.30. The van der Waals surface area contributed by atoms with E-state index in [0.717, 1.165) is 0 Å². The molecule has 0 rings (SSSR count). The minimum Gasteiger partial charge on any atom is -0.409 e. The van der Waals surface area contributed by atoms with Crippen molar-refractivity contribution >= 4 is 5.84 Å². The summed E-state index contributed by atoms with van der Waals surface area (Å²) in [5.41, 5.74) is 0.